The number of benzene rings is 4. The molecule has 0 N–H and O–H groups in total. The van der Waals surface area contributed by atoms with E-state index in [1.807, 2.05) is 60.1 Å². The number of hydrogen-bond donors (Lipinski definition) is 0. The van der Waals surface area contributed by atoms with Gasteiger partial charge in [0.1, 0.15) is 23.1 Å². The lowest BCUT2D eigenvalue weighted by Crippen LogP contribution is -2.12. The van der Waals surface area contributed by atoms with Gasteiger partial charge in [0.25, 0.3) is 0 Å². The number of fused-ring (bicyclic) bond motifs is 6. The average molecular weight is 536 g/mol. The van der Waals surface area contributed by atoms with E-state index < -0.39 is 0 Å². The minimum absolute atomic E-state index is 0.398. The molecule has 0 atom stereocenters. The summed E-state index contributed by atoms with van der Waals surface area (Å²) < 4.78 is 8.40. The number of nitrogens with zero attached hydrogens (tertiary/aromatic N) is 5. The first-order valence-corrected chi connectivity index (χ1v) is 13.8. The Morgan fingerprint density at radius 1 is 0.707 bits per heavy atom. The van der Waals surface area contributed by atoms with Crippen LogP contribution in [0, 0.1) is 6.92 Å². The fourth-order valence-corrected chi connectivity index (χ4v) is 5.38. The van der Waals surface area contributed by atoms with Crippen molar-refractivity contribution in [1.82, 2.24) is 19.6 Å². The lowest BCUT2D eigenvalue weighted by molar-refractivity contribution is 0.483. The minimum Gasteiger partial charge on any atom is -0.457 e. The predicted octanol–water partition coefficient (Wildman–Crippen LogP) is 9.12. The van der Waals surface area contributed by atoms with Gasteiger partial charge in [0.05, 0.1) is 11.2 Å². The van der Waals surface area contributed by atoms with E-state index in [1.54, 1.807) is 0 Å². The number of aromatic nitrogens is 4. The van der Waals surface area contributed by atoms with Crippen molar-refractivity contribution < 1.29 is 4.74 Å². The third-order valence-corrected chi connectivity index (χ3v) is 7.36. The van der Waals surface area contributed by atoms with Crippen molar-refractivity contribution in [2.75, 3.05) is 4.90 Å². The van der Waals surface area contributed by atoms with Crippen LogP contribution in [0.25, 0.3) is 27.3 Å². The number of ether oxygens (including phenoxy) is 1. The van der Waals surface area contributed by atoms with Gasteiger partial charge >= 0.3 is 0 Å². The van der Waals surface area contributed by atoms with Gasteiger partial charge in [0.2, 0.25) is 0 Å². The Morgan fingerprint density at radius 2 is 1.49 bits per heavy atom. The second-order valence-corrected chi connectivity index (χ2v) is 10.5. The van der Waals surface area contributed by atoms with Gasteiger partial charge in [0.15, 0.2) is 5.65 Å². The second kappa shape index (κ2) is 10.1. The van der Waals surface area contributed by atoms with Crippen molar-refractivity contribution in [3.8, 4) is 11.5 Å². The summed E-state index contributed by atoms with van der Waals surface area (Å²) in [6.07, 6.45) is 1.88. The van der Waals surface area contributed by atoms with Crippen LogP contribution in [0.2, 0.25) is 0 Å². The summed E-state index contributed by atoms with van der Waals surface area (Å²) in [5.41, 5.74) is 5.08. The van der Waals surface area contributed by atoms with Crippen molar-refractivity contribution in [2.45, 2.75) is 26.7 Å². The van der Waals surface area contributed by atoms with E-state index in [0.29, 0.717) is 5.92 Å². The molecular weight excluding hydrogens is 506 g/mol. The molecule has 3 heterocycles. The molecule has 0 radical (unpaired) electrons. The Kier molecular flexibility index (Phi) is 6.08. The normalized spacial score (nSPS) is 11.5. The van der Waals surface area contributed by atoms with Crippen LogP contribution in [-0.2, 0) is 0 Å². The highest BCUT2D eigenvalue weighted by Gasteiger charge is 2.17. The molecule has 6 nitrogen and oxygen atoms in total. The van der Waals surface area contributed by atoms with E-state index in [2.05, 4.69) is 90.6 Å². The predicted molar refractivity (Wildman–Crippen MR) is 166 cm³/mol. The Morgan fingerprint density at radius 3 is 2.34 bits per heavy atom. The Bertz CT molecular complexity index is 2030. The van der Waals surface area contributed by atoms with E-state index in [4.69, 9.17) is 14.7 Å². The van der Waals surface area contributed by atoms with Crippen LogP contribution in [0.1, 0.15) is 31.2 Å². The SMILES string of the molecule is Cc1nc2c3cc(Oc4cccc(N(c5ccccc5)c5cc(C(C)C)ccn5)c4)ccc3c3ccccc3n2n1. The van der Waals surface area contributed by atoms with E-state index >= 15 is 0 Å². The van der Waals surface area contributed by atoms with Crippen LogP contribution in [0.15, 0.2) is 115 Å². The largest absolute Gasteiger partial charge is 0.457 e. The monoisotopic (exact) mass is 535 g/mol. The van der Waals surface area contributed by atoms with Crippen LogP contribution < -0.4 is 9.64 Å². The van der Waals surface area contributed by atoms with Gasteiger partial charge < -0.3 is 4.74 Å². The quantitative estimate of drug-likeness (QED) is 0.199. The molecule has 4 aromatic carbocycles. The second-order valence-electron chi connectivity index (χ2n) is 10.5. The molecule has 0 bridgehead atoms. The molecule has 7 rings (SSSR count). The molecule has 0 saturated heterocycles. The zero-order valence-electron chi connectivity index (χ0n) is 23.2. The Hall–Kier alpha value is -5.23. The number of para-hydroxylation sites is 2. The standard InChI is InChI=1S/C35H29N5O/c1-23(2)25-18-19-36-34(20-25)39(26-10-5-4-6-11-26)27-12-9-13-28(21-27)41-29-16-17-30-31-14-7-8-15-33(31)40-35(32(30)22-29)37-24(3)38-40/h4-23H,1-3H3. The summed E-state index contributed by atoms with van der Waals surface area (Å²) in [5, 5.41) is 7.91. The lowest BCUT2D eigenvalue weighted by atomic mass is 10.0. The molecule has 0 spiro atoms. The van der Waals surface area contributed by atoms with Gasteiger partial charge in [-0.15, -0.1) is 0 Å². The molecule has 200 valence electrons. The number of rotatable bonds is 6. The maximum atomic E-state index is 6.47. The van der Waals surface area contributed by atoms with Gasteiger partial charge in [-0.1, -0.05) is 56.3 Å². The van der Waals surface area contributed by atoms with Gasteiger partial charge in [-0.25, -0.2) is 14.5 Å². The molecule has 0 aliphatic heterocycles. The number of pyridine rings is 2. The first-order valence-electron chi connectivity index (χ1n) is 13.8. The molecule has 0 fully saturated rings. The number of anilines is 3. The summed E-state index contributed by atoms with van der Waals surface area (Å²) in [6.45, 7) is 6.31. The van der Waals surface area contributed by atoms with Crippen molar-refractivity contribution in [3.63, 3.8) is 0 Å². The molecule has 6 heteroatoms. The Balaban J connectivity index is 1.31. The third-order valence-electron chi connectivity index (χ3n) is 7.36. The smallest absolute Gasteiger partial charge is 0.164 e. The number of hydrogen-bond acceptors (Lipinski definition) is 5. The van der Waals surface area contributed by atoms with Gasteiger partial charge in [-0.2, -0.15) is 5.10 Å². The average Bonchev–Trinajstić information content (AvgIpc) is 3.40. The zero-order chi connectivity index (χ0) is 27.9. The fraction of sp³-hybridized carbons (Fsp3) is 0.114. The fourth-order valence-electron chi connectivity index (χ4n) is 5.38. The number of aryl methyl sites for hydroxylation is 1. The highest BCUT2D eigenvalue weighted by atomic mass is 16.5. The molecule has 41 heavy (non-hydrogen) atoms. The molecular formula is C35H29N5O. The molecule has 7 aromatic rings. The minimum atomic E-state index is 0.398. The van der Waals surface area contributed by atoms with Crippen molar-refractivity contribution >= 4 is 44.5 Å². The molecule has 0 amide bonds. The molecule has 0 unspecified atom stereocenters. The summed E-state index contributed by atoms with van der Waals surface area (Å²) in [4.78, 5) is 11.7. The van der Waals surface area contributed by atoms with Crippen LogP contribution in [-0.4, -0.2) is 19.6 Å². The van der Waals surface area contributed by atoms with E-state index in [-0.39, 0.29) is 0 Å². The third kappa shape index (κ3) is 4.53. The lowest BCUT2D eigenvalue weighted by Gasteiger charge is -2.25. The van der Waals surface area contributed by atoms with Crippen LogP contribution in [0.3, 0.4) is 0 Å². The summed E-state index contributed by atoms with van der Waals surface area (Å²) in [6, 6.07) is 37.1. The Labute approximate surface area is 238 Å². The van der Waals surface area contributed by atoms with Crippen LogP contribution >= 0.6 is 0 Å². The van der Waals surface area contributed by atoms with E-state index in [1.165, 1.54) is 5.56 Å². The van der Waals surface area contributed by atoms with Gasteiger partial charge in [0, 0.05) is 28.7 Å². The maximum Gasteiger partial charge on any atom is 0.164 e. The molecule has 3 aromatic heterocycles. The molecule has 0 saturated carbocycles. The highest BCUT2D eigenvalue weighted by Crippen LogP contribution is 2.38. The zero-order valence-corrected chi connectivity index (χ0v) is 23.2. The van der Waals surface area contributed by atoms with Gasteiger partial charge in [-0.05, 0) is 84.5 Å². The topological polar surface area (TPSA) is 55.5 Å². The summed E-state index contributed by atoms with van der Waals surface area (Å²) in [7, 11) is 0. The first-order chi connectivity index (χ1) is 20.0. The molecule has 0 aliphatic carbocycles. The van der Waals surface area contributed by atoms with Crippen LogP contribution in [0.5, 0.6) is 11.5 Å². The summed E-state index contributed by atoms with van der Waals surface area (Å²) >= 11 is 0. The maximum absolute atomic E-state index is 6.47. The van der Waals surface area contributed by atoms with Gasteiger partial charge in [-0.3, -0.25) is 4.90 Å². The van der Waals surface area contributed by atoms with Crippen molar-refractivity contribution in [2.24, 2.45) is 0 Å². The van der Waals surface area contributed by atoms with E-state index in [0.717, 1.165) is 61.8 Å². The van der Waals surface area contributed by atoms with Crippen molar-refractivity contribution in [1.29, 1.82) is 0 Å². The van der Waals surface area contributed by atoms with E-state index in [9.17, 15) is 0 Å². The highest BCUT2D eigenvalue weighted by molar-refractivity contribution is 6.11. The molecule has 0 aliphatic rings. The van der Waals surface area contributed by atoms with Crippen molar-refractivity contribution in [3.05, 3.63) is 127 Å². The summed E-state index contributed by atoms with van der Waals surface area (Å²) in [5.74, 6) is 3.46. The first kappa shape index (κ1) is 24.8. The van der Waals surface area contributed by atoms with Crippen LogP contribution in [0.4, 0.5) is 17.2 Å².